The number of fused-ring (bicyclic) bond motifs is 1. The van der Waals surface area contributed by atoms with Crippen molar-refractivity contribution in [3.05, 3.63) is 53.5 Å². The molecule has 3 rings (SSSR count). The molecule has 102 valence electrons. The second-order valence-electron chi connectivity index (χ2n) is 5.17. The Morgan fingerprint density at radius 3 is 2.75 bits per heavy atom. The lowest BCUT2D eigenvalue weighted by molar-refractivity contribution is -0.115. The van der Waals surface area contributed by atoms with Crippen LogP contribution in [-0.4, -0.2) is 15.9 Å². The average Bonchev–Trinajstić information content (AvgIpc) is 2.93. The van der Waals surface area contributed by atoms with Crippen LogP contribution in [0.4, 0.5) is 5.69 Å². The lowest BCUT2D eigenvalue weighted by atomic mass is 10.2. The van der Waals surface area contributed by atoms with Crippen molar-refractivity contribution in [1.82, 2.24) is 9.97 Å². The van der Waals surface area contributed by atoms with Gasteiger partial charge >= 0.3 is 0 Å². The summed E-state index contributed by atoms with van der Waals surface area (Å²) < 4.78 is 0. The third-order valence-corrected chi connectivity index (χ3v) is 3.29. The molecule has 0 radical (unpaired) electrons. The van der Waals surface area contributed by atoms with Crippen molar-refractivity contribution >= 4 is 22.5 Å². The highest BCUT2D eigenvalue weighted by atomic mass is 16.1. The summed E-state index contributed by atoms with van der Waals surface area (Å²) in [5.74, 6) is -0.00407. The summed E-state index contributed by atoms with van der Waals surface area (Å²) in [5, 5.41) is 4.04. The minimum absolute atomic E-state index is 0.00407. The zero-order valence-corrected chi connectivity index (χ0v) is 11.6. The number of aromatic amines is 2. The number of aryl methyl sites for hydroxylation is 2. The molecule has 0 bridgehead atoms. The molecule has 3 N–H and O–H groups in total. The van der Waals surface area contributed by atoms with Gasteiger partial charge < -0.3 is 15.3 Å². The second-order valence-corrected chi connectivity index (χ2v) is 5.17. The lowest BCUT2D eigenvalue weighted by Gasteiger charge is -2.04. The Hall–Kier alpha value is -2.49. The van der Waals surface area contributed by atoms with E-state index < -0.39 is 0 Å². The minimum Gasteiger partial charge on any atom is -0.365 e. The normalized spacial score (nSPS) is 10.9. The number of carbonyl (C=O) groups excluding carboxylic acids is 1. The number of aromatic nitrogens is 2. The number of amides is 1. The number of nitrogens with one attached hydrogen (secondary N) is 3. The first-order valence-corrected chi connectivity index (χ1v) is 6.63. The zero-order chi connectivity index (χ0) is 14.1. The molecule has 2 heterocycles. The molecule has 1 aromatic carbocycles. The van der Waals surface area contributed by atoms with Crippen LogP contribution >= 0.6 is 0 Å². The van der Waals surface area contributed by atoms with Gasteiger partial charge in [-0.3, -0.25) is 4.79 Å². The summed E-state index contributed by atoms with van der Waals surface area (Å²) in [6, 6.07) is 9.94. The van der Waals surface area contributed by atoms with Crippen molar-refractivity contribution in [2.75, 3.05) is 5.32 Å². The van der Waals surface area contributed by atoms with E-state index in [-0.39, 0.29) is 5.91 Å². The van der Waals surface area contributed by atoms with Crippen LogP contribution in [0.5, 0.6) is 0 Å². The summed E-state index contributed by atoms with van der Waals surface area (Å²) >= 11 is 0. The molecule has 0 atom stereocenters. The van der Waals surface area contributed by atoms with Gasteiger partial charge in [-0.2, -0.15) is 0 Å². The predicted molar refractivity (Wildman–Crippen MR) is 80.9 cm³/mol. The minimum atomic E-state index is -0.00407. The number of hydrogen-bond donors (Lipinski definition) is 3. The number of rotatable bonds is 3. The van der Waals surface area contributed by atoms with Crippen LogP contribution in [0, 0.1) is 13.8 Å². The van der Waals surface area contributed by atoms with Gasteiger partial charge in [-0.15, -0.1) is 0 Å². The Balaban J connectivity index is 1.73. The van der Waals surface area contributed by atoms with E-state index in [2.05, 4.69) is 21.4 Å². The highest BCUT2D eigenvalue weighted by Gasteiger charge is 2.06. The van der Waals surface area contributed by atoms with E-state index in [1.807, 2.05) is 44.3 Å². The molecule has 1 amide bonds. The quantitative estimate of drug-likeness (QED) is 0.670. The third kappa shape index (κ3) is 2.59. The molecule has 0 saturated heterocycles. The number of hydrogen-bond acceptors (Lipinski definition) is 1. The maximum Gasteiger partial charge on any atom is 0.228 e. The second kappa shape index (κ2) is 4.89. The molecule has 3 aromatic rings. The first kappa shape index (κ1) is 12.5. The molecular weight excluding hydrogens is 250 g/mol. The first-order chi connectivity index (χ1) is 9.60. The highest BCUT2D eigenvalue weighted by Crippen LogP contribution is 2.20. The molecule has 20 heavy (non-hydrogen) atoms. The summed E-state index contributed by atoms with van der Waals surface area (Å²) in [4.78, 5) is 18.3. The van der Waals surface area contributed by atoms with Crippen molar-refractivity contribution in [3.8, 4) is 0 Å². The van der Waals surface area contributed by atoms with Gasteiger partial charge in [-0.25, -0.2) is 0 Å². The first-order valence-electron chi connectivity index (χ1n) is 6.63. The van der Waals surface area contributed by atoms with Gasteiger partial charge in [0.25, 0.3) is 0 Å². The van der Waals surface area contributed by atoms with Crippen LogP contribution in [0.1, 0.15) is 17.0 Å². The number of anilines is 1. The van der Waals surface area contributed by atoms with Crippen molar-refractivity contribution in [3.63, 3.8) is 0 Å². The van der Waals surface area contributed by atoms with Crippen LogP contribution in [-0.2, 0) is 11.2 Å². The fourth-order valence-corrected chi connectivity index (χ4v) is 2.42. The van der Waals surface area contributed by atoms with E-state index in [1.54, 1.807) is 0 Å². The number of benzene rings is 1. The van der Waals surface area contributed by atoms with E-state index in [1.165, 1.54) is 0 Å². The lowest BCUT2D eigenvalue weighted by Crippen LogP contribution is -2.13. The van der Waals surface area contributed by atoms with Crippen LogP contribution in [0.15, 0.2) is 36.5 Å². The Morgan fingerprint density at radius 2 is 2.00 bits per heavy atom. The zero-order valence-electron chi connectivity index (χ0n) is 11.6. The number of carbonyl (C=O) groups is 1. The molecule has 4 heteroatoms. The van der Waals surface area contributed by atoms with E-state index >= 15 is 0 Å². The van der Waals surface area contributed by atoms with Gasteiger partial charge in [0.1, 0.15) is 0 Å². The van der Waals surface area contributed by atoms with E-state index in [0.29, 0.717) is 6.42 Å². The van der Waals surface area contributed by atoms with Gasteiger partial charge in [0.2, 0.25) is 5.91 Å². The summed E-state index contributed by atoms with van der Waals surface area (Å²) in [6.07, 6.45) is 2.25. The van der Waals surface area contributed by atoms with E-state index in [9.17, 15) is 4.79 Å². The largest absolute Gasteiger partial charge is 0.365 e. The molecule has 0 saturated carbocycles. The Bertz CT molecular complexity index is 767. The summed E-state index contributed by atoms with van der Waals surface area (Å²) in [7, 11) is 0. The highest BCUT2D eigenvalue weighted by molar-refractivity contribution is 5.95. The molecule has 0 spiro atoms. The molecule has 2 aromatic heterocycles. The SMILES string of the molecule is Cc1cc(CC(=O)Nc2ccc3[nH]c(C)cc3c2)c[nH]1. The molecule has 0 aliphatic rings. The number of H-pyrrole nitrogens is 2. The van der Waals surface area contributed by atoms with Crippen molar-refractivity contribution in [1.29, 1.82) is 0 Å². The van der Waals surface area contributed by atoms with Crippen LogP contribution in [0.3, 0.4) is 0 Å². The topological polar surface area (TPSA) is 60.7 Å². The Morgan fingerprint density at radius 1 is 1.15 bits per heavy atom. The van der Waals surface area contributed by atoms with Gasteiger partial charge in [-0.1, -0.05) is 0 Å². The van der Waals surface area contributed by atoms with Crippen molar-refractivity contribution in [2.45, 2.75) is 20.3 Å². The van der Waals surface area contributed by atoms with Crippen LogP contribution in [0.25, 0.3) is 10.9 Å². The molecule has 0 aliphatic heterocycles. The van der Waals surface area contributed by atoms with Gasteiger partial charge in [0.05, 0.1) is 6.42 Å². The van der Waals surface area contributed by atoms with Crippen LogP contribution < -0.4 is 5.32 Å². The maximum atomic E-state index is 12.0. The Kier molecular flexibility index (Phi) is 3.06. The molecular formula is C16H17N3O. The Labute approximate surface area is 117 Å². The monoisotopic (exact) mass is 267 g/mol. The predicted octanol–water partition coefficient (Wildman–Crippen LogP) is 3.29. The molecule has 0 aliphatic carbocycles. The fraction of sp³-hybridized carbons (Fsp3) is 0.188. The van der Waals surface area contributed by atoms with E-state index in [4.69, 9.17) is 0 Å². The average molecular weight is 267 g/mol. The summed E-state index contributed by atoms with van der Waals surface area (Å²) in [6.45, 7) is 4.00. The molecule has 4 nitrogen and oxygen atoms in total. The summed E-state index contributed by atoms with van der Waals surface area (Å²) in [5.41, 5.74) is 5.09. The van der Waals surface area contributed by atoms with Gasteiger partial charge in [0, 0.05) is 34.2 Å². The smallest absolute Gasteiger partial charge is 0.228 e. The van der Waals surface area contributed by atoms with Gasteiger partial charge in [-0.05, 0) is 49.7 Å². The molecule has 0 fully saturated rings. The third-order valence-electron chi connectivity index (χ3n) is 3.29. The van der Waals surface area contributed by atoms with Gasteiger partial charge in [0.15, 0.2) is 0 Å². The van der Waals surface area contributed by atoms with Crippen molar-refractivity contribution in [2.24, 2.45) is 0 Å². The standard InChI is InChI=1S/C16H17N3O/c1-10-5-12(9-17-10)7-16(20)19-14-3-4-15-13(8-14)6-11(2)18-15/h3-6,8-9,17-18H,7H2,1-2H3,(H,19,20). The fourth-order valence-electron chi connectivity index (χ4n) is 2.42. The van der Waals surface area contributed by atoms with Crippen LogP contribution in [0.2, 0.25) is 0 Å². The van der Waals surface area contributed by atoms with Crippen molar-refractivity contribution < 1.29 is 4.79 Å². The molecule has 0 unspecified atom stereocenters. The van der Waals surface area contributed by atoms with E-state index in [0.717, 1.165) is 33.5 Å². The maximum absolute atomic E-state index is 12.0.